The van der Waals surface area contributed by atoms with E-state index in [0.29, 0.717) is 35.5 Å². The molecule has 4 rings (SSSR count). The number of esters is 1. The quantitative estimate of drug-likeness (QED) is 0.537. The number of nitriles is 1. The molecule has 7 nitrogen and oxygen atoms in total. The van der Waals surface area contributed by atoms with E-state index >= 15 is 0 Å². The van der Waals surface area contributed by atoms with Crippen molar-refractivity contribution in [3.63, 3.8) is 0 Å². The average molecular weight is 439 g/mol. The Kier molecular flexibility index (Phi) is 5.21. The number of hydrogen-bond donors (Lipinski definition) is 0. The van der Waals surface area contributed by atoms with Crippen molar-refractivity contribution >= 4 is 40.6 Å². The molecule has 158 valence electrons. The highest BCUT2D eigenvalue weighted by atomic mass is 32.1. The normalized spacial score (nSPS) is 20.5. The zero-order valence-corrected chi connectivity index (χ0v) is 17.7. The summed E-state index contributed by atoms with van der Waals surface area (Å²) in [7, 11) is 1.17. The van der Waals surface area contributed by atoms with Gasteiger partial charge in [0.15, 0.2) is 10.7 Å². The fourth-order valence-electron chi connectivity index (χ4n) is 3.99. The zero-order valence-electron chi connectivity index (χ0n) is 16.8. The lowest BCUT2D eigenvalue weighted by atomic mass is 9.95. The molecule has 0 saturated carbocycles. The second-order valence-corrected chi connectivity index (χ2v) is 7.72. The smallest absolute Gasteiger partial charge is 0.340 e. The number of halogens is 1. The van der Waals surface area contributed by atoms with E-state index in [4.69, 9.17) is 17.0 Å². The van der Waals surface area contributed by atoms with Gasteiger partial charge in [-0.15, -0.1) is 0 Å². The largest absolute Gasteiger partial charge is 0.465 e. The summed E-state index contributed by atoms with van der Waals surface area (Å²) < 4.78 is 24.8. The van der Waals surface area contributed by atoms with Crippen molar-refractivity contribution in [3.8, 4) is 6.07 Å². The number of aryl methyl sites for hydroxylation is 1. The highest BCUT2D eigenvalue weighted by Crippen LogP contribution is 2.41. The van der Waals surface area contributed by atoms with Gasteiger partial charge in [0.25, 0.3) is 5.91 Å². The van der Waals surface area contributed by atoms with Crippen molar-refractivity contribution < 1.29 is 23.5 Å². The summed E-state index contributed by atoms with van der Waals surface area (Å²) >= 11 is 5.66. The summed E-state index contributed by atoms with van der Waals surface area (Å²) in [4.78, 5) is 28.3. The molecule has 31 heavy (non-hydrogen) atoms. The molecule has 9 heteroatoms. The summed E-state index contributed by atoms with van der Waals surface area (Å²) in [5, 5.41) is 9.36. The first kappa shape index (κ1) is 20.9. The summed E-state index contributed by atoms with van der Waals surface area (Å²) in [6, 6.07) is 11.1. The van der Waals surface area contributed by atoms with Gasteiger partial charge in [0.05, 0.1) is 36.6 Å². The van der Waals surface area contributed by atoms with Crippen LogP contribution in [0.15, 0.2) is 36.4 Å². The van der Waals surface area contributed by atoms with Crippen LogP contribution < -0.4 is 9.80 Å². The third-order valence-corrected chi connectivity index (χ3v) is 5.98. The fraction of sp³-hybridized carbons (Fsp3) is 0.273. The lowest BCUT2D eigenvalue weighted by Gasteiger charge is -2.31. The number of thiocarbonyl (C=S) groups is 1. The highest BCUT2D eigenvalue weighted by Gasteiger charge is 2.58. The Labute approximate surface area is 183 Å². The van der Waals surface area contributed by atoms with Crippen LogP contribution in [0.1, 0.15) is 27.9 Å². The summed E-state index contributed by atoms with van der Waals surface area (Å²) in [5.41, 5.74) is 0.738. The molecule has 2 fully saturated rings. The van der Waals surface area contributed by atoms with Crippen molar-refractivity contribution in [1.29, 1.82) is 5.26 Å². The van der Waals surface area contributed by atoms with E-state index < -0.39 is 17.3 Å². The minimum absolute atomic E-state index is 0.0953. The Morgan fingerprint density at radius 3 is 2.61 bits per heavy atom. The summed E-state index contributed by atoms with van der Waals surface area (Å²) in [5.74, 6) is -1.85. The van der Waals surface area contributed by atoms with E-state index in [-0.39, 0.29) is 23.2 Å². The number of amides is 1. The van der Waals surface area contributed by atoms with Gasteiger partial charge in [0, 0.05) is 18.7 Å². The van der Waals surface area contributed by atoms with Crippen LogP contribution in [0.25, 0.3) is 0 Å². The Morgan fingerprint density at radius 1 is 1.29 bits per heavy atom. The highest BCUT2D eigenvalue weighted by molar-refractivity contribution is 7.81. The maximum atomic E-state index is 14.7. The molecular formula is C22H18FN3O4S. The Bertz CT molecular complexity index is 1150. The first-order chi connectivity index (χ1) is 14.8. The topological polar surface area (TPSA) is 82.9 Å². The predicted octanol–water partition coefficient (Wildman–Crippen LogP) is 3.09. The zero-order chi connectivity index (χ0) is 22.3. The van der Waals surface area contributed by atoms with Gasteiger partial charge in [-0.05, 0) is 61.1 Å². The number of ether oxygens (including phenoxy) is 2. The first-order valence-corrected chi connectivity index (χ1v) is 9.90. The Balaban J connectivity index is 1.81. The molecule has 2 aliphatic heterocycles. The monoisotopic (exact) mass is 439 g/mol. The Hall–Kier alpha value is -3.35. The molecular weight excluding hydrogens is 421 g/mol. The van der Waals surface area contributed by atoms with Gasteiger partial charge in [-0.2, -0.15) is 5.26 Å². The molecule has 1 amide bonds. The minimum Gasteiger partial charge on any atom is -0.465 e. The van der Waals surface area contributed by atoms with E-state index in [1.165, 1.54) is 30.2 Å². The molecule has 0 aromatic heterocycles. The van der Waals surface area contributed by atoms with E-state index in [2.05, 4.69) is 10.8 Å². The van der Waals surface area contributed by atoms with Crippen LogP contribution in [0.4, 0.5) is 15.8 Å². The Morgan fingerprint density at radius 2 is 2.03 bits per heavy atom. The maximum absolute atomic E-state index is 14.7. The molecule has 0 aliphatic carbocycles. The number of benzene rings is 2. The van der Waals surface area contributed by atoms with Crippen LogP contribution in [0.2, 0.25) is 0 Å². The molecule has 2 saturated heterocycles. The predicted molar refractivity (Wildman–Crippen MR) is 114 cm³/mol. The van der Waals surface area contributed by atoms with Crippen LogP contribution in [0.3, 0.4) is 0 Å². The molecule has 0 radical (unpaired) electrons. The molecule has 1 spiro atoms. The van der Waals surface area contributed by atoms with Gasteiger partial charge in [-0.3, -0.25) is 9.69 Å². The molecule has 2 aromatic rings. The molecule has 2 aliphatic rings. The number of carbonyl (C=O) groups excluding carboxylic acids is 2. The molecule has 2 heterocycles. The van der Waals surface area contributed by atoms with Crippen molar-refractivity contribution in [2.45, 2.75) is 18.9 Å². The second-order valence-electron chi connectivity index (χ2n) is 7.36. The third kappa shape index (κ3) is 3.15. The van der Waals surface area contributed by atoms with Gasteiger partial charge in [0.2, 0.25) is 0 Å². The van der Waals surface area contributed by atoms with Crippen molar-refractivity contribution in [2.24, 2.45) is 0 Å². The van der Waals surface area contributed by atoms with E-state index in [1.807, 2.05) is 0 Å². The number of anilines is 2. The van der Waals surface area contributed by atoms with E-state index in [9.17, 15) is 19.2 Å². The van der Waals surface area contributed by atoms with E-state index in [1.54, 1.807) is 30.0 Å². The van der Waals surface area contributed by atoms with Crippen molar-refractivity contribution in [3.05, 3.63) is 58.9 Å². The van der Waals surface area contributed by atoms with Gasteiger partial charge < -0.3 is 14.4 Å². The lowest BCUT2D eigenvalue weighted by molar-refractivity contribution is -0.121. The summed E-state index contributed by atoms with van der Waals surface area (Å²) in [6.07, 6.45) is 0.373. The maximum Gasteiger partial charge on any atom is 0.340 e. The number of methoxy groups -OCH3 is 1. The second kappa shape index (κ2) is 7.72. The number of rotatable bonds is 3. The van der Waals surface area contributed by atoms with Gasteiger partial charge >= 0.3 is 5.97 Å². The summed E-state index contributed by atoms with van der Waals surface area (Å²) in [6.45, 7) is 2.23. The first-order valence-electron chi connectivity index (χ1n) is 9.49. The minimum atomic E-state index is -1.11. The molecule has 0 unspecified atom stereocenters. The van der Waals surface area contributed by atoms with E-state index in [0.717, 1.165) is 0 Å². The van der Waals surface area contributed by atoms with Crippen LogP contribution in [0, 0.1) is 24.1 Å². The van der Waals surface area contributed by atoms with Crippen molar-refractivity contribution in [2.75, 3.05) is 30.1 Å². The molecule has 0 N–H and O–H groups in total. The number of hydrogen-bond acceptors (Lipinski definition) is 6. The molecule has 1 atom stereocenters. The van der Waals surface area contributed by atoms with Gasteiger partial charge in [0.1, 0.15) is 5.82 Å². The molecule has 0 bridgehead atoms. The van der Waals surface area contributed by atoms with Crippen LogP contribution in [-0.2, 0) is 14.3 Å². The number of carbonyl (C=O) groups is 2. The lowest BCUT2D eigenvalue weighted by Crippen LogP contribution is -2.50. The van der Waals surface area contributed by atoms with Gasteiger partial charge in [-0.25, -0.2) is 9.18 Å². The SMILES string of the molecule is COC(=O)c1ccc(N2C(=S)N(c3ccc(C#N)c(C)c3)C(=O)[C@]23CCOC3)cc1F. The van der Waals surface area contributed by atoms with Crippen LogP contribution in [0.5, 0.6) is 0 Å². The van der Waals surface area contributed by atoms with Crippen molar-refractivity contribution in [1.82, 2.24) is 0 Å². The molecule has 2 aromatic carbocycles. The number of nitrogens with zero attached hydrogens (tertiary/aromatic N) is 3. The average Bonchev–Trinajstić information content (AvgIpc) is 3.31. The standard InChI is InChI=1S/C22H18FN3O4S/c1-13-9-15(4-3-14(13)11-24)25-20(28)22(7-8-30-12-22)26(21(25)31)16-5-6-17(18(23)10-16)19(27)29-2/h3-6,9-10H,7-8,12H2,1-2H3/t22-/m1/s1. The fourth-order valence-corrected chi connectivity index (χ4v) is 4.46. The third-order valence-electron chi connectivity index (χ3n) is 5.62. The van der Waals surface area contributed by atoms with Crippen LogP contribution >= 0.6 is 12.2 Å². The van der Waals surface area contributed by atoms with Crippen LogP contribution in [-0.4, -0.2) is 42.9 Å². The van der Waals surface area contributed by atoms with Gasteiger partial charge in [-0.1, -0.05) is 0 Å².